The molecule has 9 heteroatoms. The van der Waals surface area contributed by atoms with E-state index in [1.807, 2.05) is 36.7 Å². The number of fused-ring (bicyclic) bond motifs is 1. The van der Waals surface area contributed by atoms with Crippen LogP contribution in [0, 0.1) is 6.92 Å². The van der Waals surface area contributed by atoms with Crippen LogP contribution in [0.4, 0.5) is 17.2 Å². The summed E-state index contributed by atoms with van der Waals surface area (Å²) < 4.78 is 1.11. The highest BCUT2D eigenvalue weighted by atomic mass is 32.1. The van der Waals surface area contributed by atoms with Gasteiger partial charge in [0.25, 0.3) is 5.91 Å². The summed E-state index contributed by atoms with van der Waals surface area (Å²) >= 11 is 1.60. The fourth-order valence-corrected chi connectivity index (χ4v) is 4.25. The van der Waals surface area contributed by atoms with E-state index < -0.39 is 0 Å². The van der Waals surface area contributed by atoms with Gasteiger partial charge in [0, 0.05) is 47.0 Å². The Morgan fingerprint density at radius 1 is 1.18 bits per heavy atom. The van der Waals surface area contributed by atoms with E-state index >= 15 is 0 Å². The van der Waals surface area contributed by atoms with Gasteiger partial charge in [-0.3, -0.25) is 4.79 Å². The number of thiazole rings is 1. The van der Waals surface area contributed by atoms with E-state index in [9.17, 15) is 9.90 Å². The van der Waals surface area contributed by atoms with Crippen LogP contribution in [0.1, 0.15) is 36.8 Å². The topological polar surface area (TPSA) is 115 Å². The molecule has 0 spiro atoms. The zero-order chi connectivity index (χ0) is 23.5. The van der Waals surface area contributed by atoms with Gasteiger partial charge in [-0.25, -0.2) is 9.97 Å². The predicted octanol–water partition coefficient (Wildman–Crippen LogP) is 4.67. The number of nitrogens with one attached hydrogen (secondary N) is 4. The van der Waals surface area contributed by atoms with Gasteiger partial charge in [0.05, 0.1) is 33.6 Å². The Hall–Kier alpha value is -3.43. The molecule has 0 fully saturated rings. The lowest BCUT2D eigenvalue weighted by Crippen LogP contribution is -2.35. The first kappa shape index (κ1) is 22.8. The van der Waals surface area contributed by atoms with E-state index in [1.165, 1.54) is 0 Å². The molecule has 0 saturated carbocycles. The predicted molar refractivity (Wildman–Crippen MR) is 134 cm³/mol. The lowest BCUT2D eigenvalue weighted by atomic mass is 10.1. The van der Waals surface area contributed by atoms with Crippen LogP contribution >= 0.6 is 11.3 Å². The minimum absolute atomic E-state index is 0.112. The summed E-state index contributed by atoms with van der Waals surface area (Å²) in [4.78, 5) is 24.8. The normalized spacial score (nSPS) is 12.2. The Kier molecular flexibility index (Phi) is 6.62. The van der Waals surface area contributed by atoms with Gasteiger partial charge in [0.1, 0.15) is 5.82 Å². The Labute approximate surface area is 196 Å². The second-order valence-corrected chi connectivity index (χ2v) is 9.24. The molecule has 0 aliphatic heterocycles. The van der Waals surface area contributed by atoms with Crippen molar-refractivity contribution in [3.63, 3.8) is 0 Å². The number of amides is 1. The fourth-order valence-electron chi connectivity index (χ4n) is 3.54. The average molecular weight is 465 g/mol. The van der Waals surface area contributed by atoms with Gasteiger partial charge < -0.3 is 26.0 Å². The molecule has 8 nitrogen and oxygen atoms in total. The lowest BCUT2D eigenvalue weighted by molar-refractivity contribution is 0.0922. The highest BCUT2D eigenvalue weighted by molar-refractivity contribution is 7.16. The molecule has 0 saturated heterocycles. The summed E-state index contributed by atoms with van der Waals surface area (Å²) in [6.07, 6.45) is 1.79. The van der Waals surface area contributed by atoms with Crippen molar-refractivity contribution in [2.45, 2.75) is 39.8 Å². The van der Waals surface area contributed by atoms with Crippen molar-refractivity contribution in [2.75, 3.05) is 17.2 Å². The second-order valence-electron chi connectivity index (χ2n) is 8.35. The minimum Gasteiger partial charge on any atom is -0.394 e. The number of aromatic amines is 1. The van der Waals surface area contributed by atoms with E-state index in [1.54, 1.807) is 24.5 Å². The van der Waals surface area contributed by atoms with Crippen LogP contribution < -0.4 is 16.0 Å². The first-order valence-corrected chi connectivity index (χ1v) is 11.7. The summed E-state index contributed by atoms with van der Waals surface area (Å²) in [6, 6.07) is 9.71. The highest BCUT2D eigenvalue weighted by Crippen LogP contribution is 2.32. The van der Waals surface area contributed by atoms with Crippen molar-refractivity contribution in [1.82, 2.24) is 20.3 Å². The molecule has 5 N–H and O–H groups in total. The van der Waals surface area contributed by atoms with Gasteiger partial charge in [-0.1, -0.05) is 0 Å². The Balaban J connectivity index is 1.64. The Bertz CT molecular complexity index is 1280. The van der Waals surface area contributed by atoms with Crippen LogP contribution in [-0.2, 0) is 0 Å². The van der Waals surface area contributed by atoms with Gasteiger partial charge in [0.15, 0.2) is 0 Å². The number of hydrogen-bond acceptors (Lipinski definition) is 7. The minimum atomic E-state index is -0.315. The molecule has 0 aliphatic carbocycles. The quantitative estimate of drug-likeness (QED) is 0.259. The molecule has 1 atom stereocenters. The number of nitrogens with zero attached hydrogens (tertiary/aromatic N) is 2. The molecule has 0 aliphatic rings. The first-order chi connectivity index (χ1) is 15.8. The number of carbonyl (C=O) groups is 1. The van der Waals surface area contributed by atoms with Crippen molar-refractivity contribution in [2.24, 2.45) is 0 Å². The standard InChI is InChI=1S/C24H28N6O2S/c1-13(2)27-21-9-23(30-16-5-6-19-22(7-16)33-12-26-19)25-10-18(21)20-8-17(15(4)29-20)24(32)28-14(3)11-31/h5-10,12-14,29,31H,11H2,1-4H3,(H,28,32)(H2,25,27,30). The molecule has 1 amide bonds. The summed E-state index contributed by atoms with van der Waals surface area (Å²) in [7, 11) is 0. The van der Waals surface area contributed by atoms with Gasteiger partial charge in [-0.2, -0.15) is 0 Å². The lowest BCUT2D eigenvalue weighted by Gasteiger charge is -2.16. The summed E-state index contributed by atoms with van der Waals surface area (Å²) in [6.45, 7) is 7.65. The van der Waals surface area contributed by atoms with E-state index in [2.05, 4.69) is 50.8 Å². The van der Waals surface area contributed by atoms with E-state index in [4.69, 9.17) is 0 Å². The molecular weight excluding hydrogens is 436 g/mol. The molecule has 4 aromatic rings. The molecule has 1 aromatic carbocycles. The number of aryl methyl sites for hydroxylation is 1. The molecule has 172 valence electrons. The van der Waals surface area contributed by atoms with E-state index in [0.29, 0.717) is 11.4 Å². The Morgan fingerprint density at radius 3 is 2.76 bits per heavy atom. The average Bonchev–Trinajstić information content (AvgIpc) is 3.39. The number of rotatable bonds is 8. The van der Waals surface area contributed by atoms with Crippen LogP contribution in [-0.4, -0.2) is 44.7 Å². The van der Waals surface area contributed by atoms with Gasteiger partial charge in [0.2, 0.25) is 0 Å². The third kappa shape index (κ3) is 5.15. The first-order valence-electron chi connectivity index (χ1n) is 10.8. The van der Waals surface area contributed by atoms with Crippen molar-refractivity contribution in [3.8, 4) is 11.3 Å². The van der Waals surface area contributed by atoms with Gasteiger partial charge in [-0.05, 0) is 52.0 Å². The molecule has 3 heterocycles. The number of anilines is 3. The molecule has 0 radical (unpaired) electrons. The van der Waals surface area contributed by atoms with Crippen molar-refractivity contribution >= 4 is 44.7 Å². The van der Waals surface area contributed by atoms with Crippen LogP contribution in [0.5, 0.6) is 0 Å². The number of benzene rings is 1. The second kappa shape index (κ2) is 9.60. The van der Waals surface area contributed by atoms with Crippen LogP contribution in [0.25, 0.3) is 21.5 Å². The number of aliphatic hydroxyl groups is 1. The van der Waals surface area contributed by atoms with Crippen molar-refractivity contribution in [3.05, 3.63) is 53.3 Å². The van der Waals surface area contributed by atoms with Crippen LogP contribution in [0.15, 0.2) is 42.0 Å². The van der Waals surface area contributed by atoms with Crippen LogP contribution in [0.2, 0.25) is 0 Å². The van der Waals surface area contributed by atoms with E-state index in [-0.39, 0.29) is 24.6 Å². The highest BCUT2D eigenvalue weighted by Gasteiger charge is 2.18. The maximum absolute atomic E-state index is 12.6. The molecular formula is C24H28N6O2S. The molecule has 4 rings (SSSR count). The number of aromatic nitrogens is 3. The third-order valence-electron chi connectivity index (χ3n) is 5.15. The molecule has 3 aromatic heterocycles. The largest absolute Gasteiger partial charge is 0.394 e. The Morgan fingerprint density at radius 2 is 2.00 bits per heavy atom. The number of carbonyl (C=O) groups excluding carboxylic acids is 1. The van der Waals surface area contributed by atoms with Crippen molar-refractivity contribution < 1.29 is 9.90 Å². The summed E-state index contributed by atoms with van der Waals surface area (Å²) in [5.41, 5.74) is 7.61. The maximum atomic E-state index is 12.6. The third-order valence-corrected chi connectivity index (χ3v) is 5.94. The number of hydrogen-bond donors (Lipinski definition) is 5. The summed E-state index contributed by atoms with van der Waals surface area (Å²) in [5.74, 6) is 0.489. The number of aliphatic hydroxyl groups excluding tert-OH is 1. The maximum Gasteiger partial charge on any atom is 0.253 e. The monoisotopic (exact) mass is 464 g/mol. The zero-order valence-electron chi connectivity index (χ0n) is 19.1. The van der Waals surface area contributed by atoms with E-state index in [0.717, 1.165) is 38.5 Å². The fraction of sp³-hybridized carbons (Fsp3) is 0.292. The van der Waals surface area contributed by atoms with Gasteiger partial charge >= 0.3 is 0 Å². The SMILES string of the molecule is Cc1[nH]c(-c2cnc(Nc3ccc4ncsc4c3)cc2NC(C)C)cc1C(=O)NC(C)CO. The summed E-state index contributed by atoms with van der Waals surface area (Å²) in [5, 5.41) is 18.9. The smallest absolute Gasteiger partial charge is 0.253 e. The number of H-pyrrole nitrogens is 1. The zero-order valence-corrected chi connectivity index (χ0v) is 19.9. The molecule has 0 bridgehead atoms. The molecule has 1 unspecified atom stereocenters. The van der Waals surface area contributed by atoms with Crippen LogP contribution in [0.3, 0.4) is 0 Å². The van der Waals surface area contributed by atoms with Gasteiger partial charge in [-0.15, -0.1) is 11.3 Å². The number of pyridine rings is 1. The van der Waals surface area contributed by atoms with Crippen molar-refractivity contribution in [1.29, 1.82) is 0 Å². The molecule has 33 heavy (non-hydrogen) atoms.